The van der Waals surface area contributed by atoms with Gasteiger partial charge in [-0.05, 0) is 65.9 Å². The van der Waals surface area contributed by atoms with Crippen LogP contribution in [0.3, 0.4) is 0 Å². The van der Waals surface area contributed by atoms with Crippen molar-refractivity contribution >= 4 is 5.91 Å². The van der Waals surface area contributed by atoms with E-state index < -0.39 is 0 Å². The fourth-order valence-corrected chi connectivity index (χ4v) is 4.03. The Morgan fingerprint density at radius 3 is 2.21 bits per heavy atom. The van der Waals surface area contributed by atoms with E-state index in [1.807, 2.05) is 60.7 Å². The fourth-order valence-electron chi connectivity index (χ4n) is 4.03. The zero-order valence-electron chi connectivity index (χ0n) is 19.6. The minimum Gasteiger partial charge on any atom is -0.497 e. The van der Waals surface area contributed by atoms with Gasteiger partial charge in [0.25, 0.3) is 0 Å². The predicted octanol–water partition coefficient (Wildman–Crippen LogP) is 3.95. The maximum absolute atomic E-state index is 13.0. The van der Waals surface area contributed by atoms with Gasteiger partial charge in [-0.3, -0.25) is 4.79 Å². The van der Waals surface area contributed by atoms with Gasteiger partial charge >= 0.3 is 0 Å². The Hall–Kier alpha value is -3.87. The molecule has 0 saturated heterocycles. The van der Waals surface area contributed by atoms with E-state index in [4.69, 9.17) is 23.7 Å². The number of carbonyl (C=O) groups excluding carboxylic acids is 1. The van der Waals surface area contributed by atoms with Crippen LogP contribution in [-0.4, -0.2) is 40.1 Å². The quantitative estimate of drug-likeness (QED) is 0.491. The van der Waals surface area contributed by atoms with Crippen LogP contribution in [0.25, 0.3) is 0 Å². The van der Waals surface area contributed by atoms with Crippen molar-refractivity contribution < 1.29 is 28.5 Å². The van der Waals surface area contributed by atoms with E-state index >= 15 is 0 Å². The Labute approximate surface area is 199 Å². The van der Waals surface area contributed by atoms with Crippen LogP contribution in [0.2, 0.25) is 0 Å². The summed E-state index contributed by atoms with van der Waals surface area (Å²) in [7, 11) is 4.81. The largest absolute Gasteiger partial charge is 0.497 e. The summed E-state index contributed by atoms with van der Waals surface area (Å²) < 4.78 is 26.9. The normalized spacial score (nSPS) is 12.7. The van der Waals surface area contributed by atoms with Crippen LogP contribution in [-0.2, 0) is 24.1 Å². The third-order valence-electron chi connectivity index (χ3n) is 5.74. The lowest BCUT2D eigenvalue weighted by molar-refractivity contribution is -0.121. The summed E-state index contributed by atoms with van der Waals surface area (Å²) in [6.45, 7) is 0.232. The Morgan fingerprint density at radius 1 is 0.794 bits per heavy atom. The van der Waals surface area contributed by atoms with Crippen LogP contribution in [0.5, 0.6) is 28.7 Å². The second kappa shape index (κ2) is 10.8. The van der Waals surface area contributed by atoms with E-state index in [2.05, 4.69) is 5.32 Å². The summed E-state index contributed by atoms with van der Waals surface area (Å²) in [6.07, 6.45) is 1.57. The third-order valence-corrected chi connectivity index (χ3v) is 5.74. The SMILES string of the molecule is COc1ccc(CC(Cc2ccc3c(c2)OCO3)NC(=O)Cc2ccc(OC)c(OC)c2)cc1. The highest BCUT2D eigenvalue weighted by molar-refractivity contribution is 5.79. The minimum absolute atomic E-state index is 0.0634. The Kier molecular flexibility index (Phi) is 7.42. The van der Waals surface area contributed by atoms with E-state index in [0.29, 0.717) is 24.3 Å². The van der Waals surface area contributed by atoms with Crippen LogP contribution in [0.1, 0.15) is 16.7 Å². The molecule has 0 spiro atoms. The first-order valence-electron chi connectivity index (χ1n) is 11.1. The molecule has 1 aliphatic rings. The number of rotatable bonds is 10. The molecule has 7 nitrogen and oxygen atoms in total. The summed E-state index contributed by atoms with van der Waals surface area (Å²) in [4.78, 5) is 13.0. The first kappa shape index (κ1) is 23.3. The monoisotopic (exact) mass is 463 g/mol. The standard InChI is InChI=1S/C27H29NO6/c1-30-22-8-4-18(5-9-22)12-21(13-19-7-11-24-26(15-19)34-17-33-24)28-27(29)16-20-6-10-23(31-2)25(14-20)32-3/h4-11,14-15,21H,12-13,16-17H2,1-3H3,(H,28,29). The number of ether oxygens (including phenoxy) is 5. The van der Waals surface area contributed by atoms with Gasteiger partial charge in [-0.1, -0.05) is 24.3 Å². The Bertz CT molecular complexity index is 1130. The summed E-state index contributed by atoms with van der Waals surface area (Å²) in [6, 6.07) is 19.2. The number of hydrogen-bond donors (Lipinski definition) is 1. The van der Waals surface area contributed by atoms with Gasteiger partial charge in [0.15, 0.2) is 23.0 Å². The highest BCUT2D eigenvalue weighted by Crippen LogP contribution is 2.33. The molecule has 178 valence electrons. The first-order valence-corrected chi connectivity index (χ1v) is 11.1. The molecule has 1 N–H and O–H groups in total. The maximum atomic E-state index is 13.0. The smallest absolute Gasteiger partial charge is 0.231 e. The number of fused-ring (bicyclic) bond motifs is 1. The molecular formula is C27H29NO6. The van der Waals surface area contributed by atoms with E-state index in [9.17, 15) is 4.79 Å². The van der Waals surface area contributed by atoms with Gasteiger partial charge in [0.1, 0.15) is 5.75 Å². The van der Waals surface area contributed by atoms with Crippen LogP contribution in [0, 0.1) is 0 Å². The highest BCUT2D eigenvalue weighted by atomic mass is 16.7. The molecule has 0 aliphatic carbocycles. The first-order chi connectivity index (χ1) is 16.6. The Morgan fingerprint density at radius 2 is 1.47 bits per heavy atom. The number of carbonyl (C=O) groups is 1. The lowest BCUT2D eigenvalue weighted by Crippen LogP contribution is -2.39. The molecule has 0 saturated carbocycles. The molecule has 3 aromatic rings. The zero-order valence-corrected chi connectivity index (χ0v) is 19.6. The van der Waals surface area contributed by atoms with Crippen molar-refractivity contribution in [3.63, 3.8) is 0 Å². The van der Waals surface area contributed by atoms with Gasteiger partial charge in [0.2, 0.25) is 12.7 Å². The molecule has 0 aromatic heterocycles. The summed E-state index contributed by atoms with van der Waals surface area (Å²) in [5.41, 5.74) is 3.02. The molecule has 7 heteroatoms. The molecule has 34 heavy (non-hydrogen) atoms. The molecule has 1 aliphatic heterocycles. The van der Waals surface area contributed by atoms with Crippen LogP contribution >= 0.6 is 0 Å². The third kappa shape index (κ3) is 5.73. The molecule has 3 aromatic carbocycles. The number of amides is 1. The van der Waals surface area contributed by atoms with Crippen LogP contribution < -0.4 is 29.0 Å². The second-order valence-electron chi connectivity index (χ2n) is 8.07. The van der Waals surface area contributed by atoms with E-state index in [0.717, 1.165) is 33.9 Å². The number of methoxy groups -OCH3 is 3. The van der Waals surface area contributed by atoms with Crippen molar-refractivity contribution in [2.24, 2.45) is 0 Å². The van der Waals surface area contributed by atoms with Gasteiger partial charge < -0.3 is 29.0 Å². The molecule has 0 bridgehead atoms. The second-order valence-corrected chi connectivity index (χ2v) is 8.07. The van der Waals surface area contributed by atoms with Crippen molar-refractivity contribution in [2.45, 2.75) is 25.3 Å². The van der Waals surface area contributed by atoms with Gasteiger partial charge in [0, 0.05) is 6.04 Å². The lowest BCUT2D eigenvalue weighted by atomic mass is 9.98. The minimum atomic E-state index is -0.110. The molecule has 4 rings (SSSR count). The lowest BCUT2D eigenvalue weighted by Gasteiger charge is -2.20. The van der Waals surface area contributed by atoms with Crippen molar-refractivity contribution in [1.29, 1.82) is 0 Å². The van der Waals surface area contributed by atoms with Crippen molar-refractivity contribution in [3.8, 4) is 28.7 Å². The van der Waals surface area contributed by atoms with E-state index in [-0.39, 0.29) is 25.2 Å². The van der Waals surface area contributed by atoms with Crippen LogP contribution in [0.15, 0.2) is 60.7 Å². The zero-order chi connectivity index (χ0) is 23.9. The van der Waals surface area contributed by atoms with Gasteiger partial charge in [-0.15, -0.1) is 0 Å². The number of benzene rings is 3. The highest BCUT2D eigenvalue weighted by Gasteiger charge is 2.18. The summed E-state index contributed by atoms with van der Waals surface area (Å²) in [5.74, 6) is 3.44. The van der Waals surface area contributed by atoms with Gasteiger partial charge in [0.05, 0.1) is 27.8 Å². The molecule has 1 atom stereocenters. The number of hydrogen-bond acceptors (Lipinski definition) is 6. The van der Waals surface area contributed by atoms with Gasteiger partial charge in [-0.2, -0.15) is 0 Å². The Balaban J connectivity index is 1.48. The maximum Gasteiger partial charge on any atom is 0.231 e. The molecule has 0 fully saturated rings. The molecule has 1 heterocycles. The average Bonchev–Trinajstić information content (AvgIpc) is 3.32. The van der Waals surface area contributed by atoms with Crippen LogP contribution in [0.4, 0.5) is 0 Å². The van der Waals surface area contributed by atoms with Gasteiger partial charge in [-0.25, -0.2) is 0 Å². The molecule has 1 unspecified atom stereocenters. The summed E-state index contributed by atoms with van der Waals surface area (Å²) >= 11 is 0. The van der Waals surface area contributed by atoms with Crippen molar-refractivity contribution in [1.82, 2.24) is 5.32 Å². The van der Waals surface area contributed by atoms with E-state index in [1.165, 1.54) is 0 Å². The van der Waals surface area contributed by atoms with Crippen molar-refractivity contribution in [2.75, 3.05) is 28.1 Å². The van der Waals surface area contributed by atoms with E-state index in [1.54, 1.807) is 21.3 Å². The molecular weight excluding hydrogens is 434 g/mol. The average molecular weight is 464 g/mol. The van der Waals surface area contributed by atoms with Crippen molar-refractivity contribution in [3.05, 3.63) is 77.4 Å². The number of nitrogens with one attached hydrogen (secondary N) is 1. The predicted molar refractivity (Wildman–Crippen MR) is 128 cm³/mol. The fraction of sp³-hybridized carbons (Fsp3) is 0.296. The topological polar surface area (TPSA) is 75.2 Å². The molecule has 0 radical (unpaired) electrons. The summed E-state index contributed by atoms with van der Waals surface area (Å²) in [5, 5.41) is 3.21. The molecule has 1 amide bonds.